The summed E-state index contributed by atoms with van der Waals surface area (Å²) >= 11 is 1.25. The highest BCUT2D eigenvalue weighted by atomic mass is 32.1. The molecule has 0 aliphatic carbocycles. The number of nitrogens with one attached hydrogen (secondary N) is 1. The maximum absolute atomic E-state index is 12.3. The van der Waals surface area contributed by atoms with E-state index in [9.17, 15) is 9.59 Å². The van der Waals surface area contributed by atoms with Crippen LogP contribution >= 0.6 is 11.3 Å². The number of aryl methyl sites for hydroxylation is 2. The molecule has 1 heterocycles. The lowest BCUT2D eigenvalue weighted by molar-refractivity contribution is -0.123. The van der Waals surface area contributed by atoms with Crippen molar-refractivity contribution in [2.45, 2.75) is 26.9 Å². The number of anilines is 1. The molecule has 0 spiro atoms. The summed E-state index contributed by atoms with van der Waals surface area (Å²) in [6.07, 6.45) is -0.936. The van der Waals surface area contributed by atoms with Crippen LogP contribution in [0.3, 0.4) is 0 Å². The smallest absolute Gasteiger partial charge is 0.351 e. The van der Waals surface area contributed by atoms with Crippen LogP contribution in [0.4, 0.5) is 5.69 Å². The van der Waals surface area contributed by atoms with Gasteiger partial charge in [0.05, 0.1) is 10.7 Å². The summed E-state index contributed by atoms with van der Waals surface area (Å²) in [7, 11) is 0. The number of thiazole rings is 1. The molecule has 1 amide bonds. The van der Waals surface area contributed by atoms with Gasteiger partial charge in [-0.05, 0) is 57.2 Å². The Kier molecular flexibility index (Phi) is 6.06. The van der Waals surface area contributed by atoms with Crippen molar-refractivity contribution in [3.63, 3.8) is 0 Å². The number of benzene rings is 2. The third kappa shape index (κ3) is 4.95. The highest BCUT2D eigenvalue weighted by molar-refractivity contribution is 7.13. The van der Waals surface area contributed by atoms with E-state index in [-0.39, 0.29) is 0 Å². The van der Waals surface area contributed by atoms with Gasteiger partial charge < -0.3 is 14.8 Å². The Labute approximate surface area is 167 Å². The summed E-state index contributed by atoms with van der Waals surface area (Å²) in [6.45, 7) is 5.09. The maximum atomic E-state index is 12.3. The fourth-order valence-electron chi connectivity index (χ4n) is 2.46. The van der Waals surface area contributed by atoms with Crippen molar-refractivity contribution < 1.29 is 19.1 Å². The van der Waals surface area contributed by atoms with Crippen molar-refractivity contribution in [1.29, 1.82) is 0 Å². The average molecular weight is 396 g/mol. The number of nitrogens with zero attached hydrogens (tertiary/aromatic N) is 1. The first kappa shape index (κ1) is 19.6. The molecule has 0 fully saturated rings. The van der Waals surface area contributed by atoms with Gasteiger partial charge in [0.2, 0.25) is 0 Å². The van der Waals surface area contributed by atoms with Gasteiger partial charge in [0.15, 0.2) is 6.10 Å². The van der Waals surface area contributed by atoms with E-state index in [0.717, 1.165) is 10.8 Å². The van der Waals surface area contributed by atoms with Crippen LogP contribution in [0.2, 0.25) is 0 Å². The number of para-hydroxylation sites is 1. The van der Waals surface area contributed by atoms with E-state index < -0.39 is 18.0 Å². The summed E-state index contributed by atoms with van der Waals surface area (Å²) in [5.41, 5.74) is 1.19. The standard InChI is InChI=1S/C21H20N2O4S/c1-13-19(28-15(3)22-13)21(25)26-14(2)20(24)23-16-9-11-18(12-10-16)27-17-7-5-4-6-8-17/h4-12,14H,1-3H3,(H,23,24)/t14-/m1/s1. The molecule has 0 radical (unpaired) electrons. The molecule has 0 saturated carbocycles. The Morgan fingerprint density at radius 3 is 2.25 bits per heavy atom. The second-order valence-electron chi connectivity index (χ2n) is 6.12. The van der Waals surface area contributed by atoms with E-state index in [1.54, 1.807) is 31.2 Å². The number of amides is 1. The SMILES string of the molecule is Cc1nc(C)c(C(=O)O[C@H](C)C(=O)Nc2ccc(Oc3ccccc3)cc2)s1. The molecule has 28 heavy (non-hydrogen) atoms. The zero-order valence-corrected chi connectivity index (χ0v) is 16.6. The van der Waals surface area contributed by atoms with E-state index in [4.69, 9.17) is 9.47 Å². The fraction of sp³-hybridized carbons (Fsp3) is 0.190. The summed E-state index contributed by atoms with van der Waals surface area (Å²) in [5.74, 6) is 0.425. The largest absolute Gasteiger partial charge is 0.457 e. The van der Waals surface area contributed by atoms with Crippen molar-refractivity contribution in [1.82, 2.24) is 4.98 Å². The summed E-state index contributed by atoms with van der Waals surface area (Å²) in [6, 6.07) is 16.4. The van der Waals surface area contributed by atoms with Gasteiger partial charge in [-0.25, -0.2) is 9.78 Å². The molecule has 1 aromatic heterocycles. The lowest BCUT2D eigenvalue weighted by Gasteiger charge is -2.13. The van der Waals surface area contributed by atoms with Crippen molar-refractivity contribution >= 4 is 28.9 Å². The van der Waals surface area contributed by atoms with Gasteiger partial charge in [-0.1, -0.05) is 18.2 Å². The highest BCUT2D eigenvalue weighted by Crippen LogP contribution is 2.23. The van der Waals surface area contributed by atoms with Crippen LogP contribution in [0.15, 0.2) is 54.6 Å². The van der Waals surface area contributed by atoms with Gasteiger partial charge in [-0.3, -0.25) is 4.79 Å². The van der Waals surface area contributed by atoms with E-state index in [2.05, 4.69) is 10.3 Å². The normalized spacial score (nSPS) is 11.5. The molecule has 0 aliphatic rings. The first-order valence-electron chi connectivity index (χ1n) is 8.71. The van der Waals surface area contributed by atoms with Crippen molar-refractivity contribution in [2.24, 2.45) is 0 Å². The number of aromatic nitrogens is 1. The molecule has 7 heteroatoms. The Bertz CT molecular complexity index is 968. The second-order valence-corrected chi connectivity index (χ2v) is 7.33. The number of esters is 1. The van der Waals surface area contributed by atoms with Crippen LogP contribution in [-0.4, -0.2) is 23.0 Å². The highest BCUT2D eigenvalue weighted by Gasteiger charge is 2.22. The Morgan fingerprint density at radius 1 is 1.00 bits per heavy atom. The minimum absolute atomic E-state index is 0.413. The minimum atomic E-state index is -0.936. The number of carbonyl (C=O) groups excluding carboxylic acids is 2. The van der Waals surface area contributed by atoms with E-state index >= 15 is 0 Å². The van der Waals surface area contributed by atoms with Crippen LogP contribution in [0.25, 0.3) is 0 Å². The third-order valence-corrected chi connectivity index (χ3v) is 4.90. The molecular weight excluding hydrogens is 376 g/mol. The van der Waals surface area contributed by atoms with Crippen molar-refractivity contribution in [3.8, 4) is 11.5 Å². The molecule has 1 N–H and O–H groups in total. The summed E-state index contributed by atoms with van der Waals surface area (Å²) < 4.78 is 11.0. The van der Waals surface area contributed by atoms with Gasteiger partial charge in [-0.15, -0.1) is 11.3 Å². The predicted molar refractivity (Wildman–Crippen MR) is 108 cm³/mol. The lowest BCUT2D eigenvalue weighted by Crippen LogP contribution is -2.29. The van der Waals surface area contributed by atoms with E-state index in [1.807, 2.05) is 37.3 Å². The van der Waals surface area contributed by atoms with Crippen molar-refractivity contribution in [2.75, 3.05) is 5.32 Å². The van der Waals surface area contributed by atoms with Crippen LogP contribution in [0, 0.1) is 13.8 Å². The zero-order valence-electron chi connectivity index (χ0n) is 15.8. The predicted octanol–water partition coefficient (Wildman–Crippen LogP) is 4.74. The minimum Gasteiger partial charge on any atom is -0.457 e. The molecule has 0 bridgehead atoms. The number of carbonyl (C=O) groups is 2. The van der Waals surface area contributed by atoms with Crippen LogP contribution in [-0.2, 0) is 9.53 Å². The monoisotopic (exact) mass is 396 g/mol. The van der Waals surface area contributed by atoms with Gasteiger partial charge in [-0.2, -0.15) is 0 Å². The molecule has 1 atom stereocenters. The molecule has 0 aliphatic heterocycles. The Morgan fingerprint density at radius 2 is 1.64 bits per heavy atom. The van der Waals surface area contributed by atoms with E-state index in [0.29, 0.717) is 22.0 Å². The molecule has 0 unspecified atom stereocenters. The second kappa shape index (κ2) is 8.67. The topological polar surface area (TPSA) is 77.5 Å². The molecule has 6 nitrogen and oxygen atoms in total. The summed E-state index contributed by atoms with van der Waals surface area (Å²) in [4.78, 5) is 29.1. The maximum Gasteiger partial charge on any atom is 0.351 e. The Hall–Kier alpha value is -3.19. The first-order chi connectivity index (χ1) is 13.4. The number of rotatable bonds is 6. The lowest BCUT2D eigenvalue weighted by atomic mass is 10.2. The van der Waals surface area contributed by atoms with Gasteiger partial charge in [0.1, 0.15) is 16.4 Å². The number of hydrogen-bond acceptors (Lipinski definition) is 6. The first-order valence-corrected chi connectivity index (χ1v) is 9.53. The molecule has 144 valence electrons. The van der Waals surface area contributed by atoms with Crippen LogP contribution in [0.5, 0.6) is 11.5 Å². The van der Waals surface area contributed by atoms with E-state index in [1.165, 1.54) is 18.3 Å². The van der Waals surface area contributed by atoms with Crippen LogP contribution in [0.1, 0.15) is 27.3 Å². The molecule has 2 aromatic carbocycles. The quantitative estimate of drug-likeness (QED) is 0.609. The van der Waals surface area contributed by atoms with Gasteiger partial charge >= 0.3 is 5.97 Å². The third-order valence-electron chi connectivity index (χ3n) is 3.84. The molecular formula is C21H20N2O4S. The zero-order chi connectivity index (χ0) is 20.1. The Balaban J connectivity index is 1.56. The van der Waals surface area contributed by atoms with Gasteiger partial charge in [0.25, 0.3) is 5.91 Å². The summed E-state index contributed by atoms with van der Waals surface area (Å²) in [5, 5.41) is 3.50. The molecule has 0 saturated heterocycles. The van der Waals surface area contributed by atoms with Crippen molar-refractivity contribution in [3.05, 3.63) is 70.2 Å². The number of hydrogen-bond donors (Lipinski definition) is 1. The fourth-order valence-corrected chi connectivity index (χ4v) is 3.27. The number of ether oxygens (including phenoxy) is 2. The molecule has 3 rings (SSSR count). The average Bonchev–Trinajstić information content (AvgIpc) is 3.02. The van der Waals surface area contributed by atoms with Gasteiger partial charge in [0, 0.05) is 5.69 Å². The van der Waals surface area contributed by atoms with Crippen LogP contribution < -0.4 is 10.1 Å². The molecule has 3 aromatic rings.